The molecule has 1 aromatic carbocycles. The minimum atomic E-state index is 0.247. The number of halogens is 1. The van der Waals surface area contributed by atoms with Crippen LogP contribution in [0.15, 0.2) is 22.7 Å². The molecule has 1 fully saturated rings. The summed E-state index contributed by atoms with van der Waals surface area (Å²) in [6, 6.07) is 7.31. The van der Waals surface area contributed by atoms with E-state index in [1.165, 1.54) is 24.0 Å². The molecule has 1 aliphatic heterocycles. The van der Waals surface area contributed by atoms with Gasteiger partial charge in [0.2, 0.25) is 0 Å². The smallest absolute Gasteiger partial charge is 0.168 e. The first kappa shape index (κ1) is 12.5. The Labute approximate surface area is 126 Å². The van der Waals surface area contributed by atoms with E-state index in [0.717, 1.165) is 23.4 Å². The van der Waals surface area contributed by atoms with Gasteiger partial charge in [0.25, 0.3) is 0 Å². The molecule has 0 radical (unpaired) electrons. The van der Waals surface area contributed by atoms with Crippen molar-refractivity contribution in [3.05, 3.63) is 39.6 Å². The third kappa shape index (κ3) is 2.07. The van der Waals surface area contributed by atoms with Gasteiger partial charge >= 0.3 is 0 Å². The van der Waals surface area contributed by atoms with Gasteiger partial charge in [-0.3, -0.25) is 4.90 Å². The lowest BCUT2D eigenvalue weighted by molar-refractivity contribution is 0.201. The van der Waals surface area contributed by atoms with E-state index in [-0.39, 0.29) is 6.04 Å². The van der Waals surface area contributed by atoms with Crippen LogP contribution >= 0.6 is 15.9 Å². The van der Waals surface area contributed by atoms with Crippen LogP contribution in [0, 0.1) is 0 Å². The van der Waals surface area contributed by atoms with Gasteiger partial charge in [-0.05, 0) is 53.5 Å². The Bertz CT molecular complexity index is 649. The summed E-state index contributed by atoms with van der Waals surface area (Å²) in [6.07, 6.45) is 2.41. The maximum Gasteiger partial charge on any atom is 0.168 e. The first-order chi connectivity index (χ1) is 9.72. The third-order valence-corrected chi connectivity index (χ3v) is 4.74. The van der Waals surface area contributed by atoms with E-state index >= 15 is 0 Å². The molecule has 20 heavy (non-hydrogen) atoms. The van der Waals surface area contributed by atoms with Crippen molar-refractivity contribution < 1.29 is 0 Å². The molecule has 1 aromatic heterocycles. The zero-order valence-electron chi connectivity index (χ0n) is 11.3. The Morgan fingerprint density at radius 1 is 1.25 bits per heavy atom. The fraction of sp³-hybridized carbons (Fsp3) is 0.500. The minimum Gasteiger partial charge on any atom is -0.285 e. The van der Waals surface area contributed by atoms with E-state index in [1.54, 1.807) is 0 Å². The first-order valence-electron chi connectivity index (χ1n) is 7.01. The molecule has 6 heteroatoms. The van der Waals surface area contributed by atoms with E-state index in [9.17, 15) is 0 Å². The summed E-state index contributed by atoms with van der Waals surface area (Å²) >= 11 is 3.54. The summed E-state index contributed by atoms with van der Waals surface area (Å²) in [7, 11) is 0. The molecule has 0 bridgehead atoms. The highest BCUT2D eigenvalue weighted by atomic mass is 79.9. The number of tetrazole rings is 1. The summed E-state index contributed by atoms with van der Waals surface area (Å²) in [6.45, 7) is 4.14. The van der Waals surface area contributed by atoms with Crippen molar-refractivity contribution in [2.24, 2.45) is 0 Å². The number of aromatic nitrogens is 4. The van der Waals surface area contributed by atoms with Crippen LogP contribution in [-0.4, -0.2) is 25.1 Å². The van der Waals surface area contributed by atoms with Crippen LogP contribution in [0.4, 0.5) is 0 Å². The number of hydrogen-bond acceptors (Lipinski definition) is 4. The van der Waals surface area contributed by atoms with Gasteiger partial charge in [-0.2, -0.15) is 0 Å². The van der Waals surface area contributed by atoms with E-state index in [2.05, 4.69) is 61.5 Å². The monoisotopic (exact) mass is 333 g/mol. The molecule has 4 rings (SSSR count). The standard InChI is InChI=1S/C14H16BrN5/c1-9(14-16-17-18-20(14)13-4-5-13)19-7-10-2-3-12(15)6-11(10)8-19/h2-3,6,9,13H,4-5,7-8H2,1H3. The summed E-state index contributed by atoms with van der Waals surface area (Å²) in [5.41, 5.74) is 2.81. The molecule has 104 valence electrons. The number of rotatable bonds is 3. The zero-order chi connectivity index (χ0) is 13.7. The molecular formula is C14H16BrN5. The first-order valence-corrected chi connectivity index (χ1v) is 7.81. The van der Waals surface area contributed by atoms with Gasteiger partial charge in [-0.25, -0.2) is 4.68 Å². The summed E-state index contributed by atoms with van der Waals surface area (Å²) in [5, 5.41) is 12.3. The van der Waals surface area contributed by atoms with Crippen molar-refractivity contribution in [2.45, 2.75) is 44.9 Å². The van der Waals surface area contributed by atoms with Crippen LogP contribution in [-0.2, 0) is 13.1 Å². The van der Waals surface area contributed by atoms with Crippen molar-refractivity contribution in [1.82, 2.24) is 25.1 Å². The van der Waals surface area contributed by atoms with Gasteiger partial charge in [0.05, 0.1) is 12.1 Å². The second kappa shape index (κ2) is 4.63. The van der Waals surface area contributed by atoms with E-state index < -0.39 is 0 Å². The Hall–Kier alpha value is -1.27. The van der Waals surface area contributed by atoms with Gasteiger partial charge < -0.3 is 0 Å². The van der Waals surface area contributed by atoms with Gasteiger partial charge in [0, 0.05) is 17.6 Å². The summed E-state index contributed by atoms with van der Waals surface area (Å²) < 4.78 is 3.16. The second-order valence-corrected chi connectivity index (χ2v) is 6.62. The van der Waals surface area contributed by atoms with Gasteiger partial charge in [0.15, 0.2) is 5.82 Å². The topological polar surface area (TPSA) is 46.8 Å². The van der Waals surface area contributed by atoms with Gasteiger partial charge in [-0.1, -0.05) is 22.0 Å². The highest BCUT2D eigenvalue weighted by molar-refractivity contribution is 9.10. The van der Waals surface area contributed by atoms with Crippen LogP contribution in [0.2, 0.25) is 0 Å². The third-order valence-electron chi connectivity index (χ3n) is 4.25. The Kier molecular flexibility index (Phi) is 2.89. The molecular weight excluding hydrogens is 318 g/mol. The SMILES string of the molecule is CC(c1nnnn1C1CC1)N1Cc2ccc(Br)cc2C1. The molecule has 0 amide bonds. The number of hydrogen-bond donors (Lipinski definition) is 0. The lowest BCUT2D eigenvalue weighted by atomic mass is 10.1. The lowest BCUT2D eigenvalue weighted by Crippen LogP contribution is -2.24. The van der Waals surface area contributed by atoms with Gasteiger partial charge in [-0.15, -0.1) is 5.10 Å². The zero-order valence-corrected chi connectivity index (χ0v) is 12.9. The lowest BCUT2D eigenvalue weighted by Gasteiger charge is -2.22. The Morgan fingerprint density at radius 2 is 2.05 bits per heavy atom. The van der Waals surface area contributed by atoms with Crippen LogP contribution in [0.5, 0.6) is 0 Å². The highest BCUT2D eigenvalue weighted by Gasteiger charge is 2.33. The predicted molar refractivity (Wildman–Crippen MR) is 77.9 cm³/mol. The average molecular weight is 334 g/mol. The Balaban J connectivity index is 1.58. The fourth-order valence-corrected chi connectivity index (χ4v) is 3.29. The van der Waals surface area contributed by atoms with Crippen LogP contribution in [0.1, 0.15) is 48.8 Å². The predicted octanol–water partition coefficient (Wildman–Crippen LogP) is 2.85. The second-order valence-electron chi connectivity index (χ2n) is 5.71. The molecule has 2 aromatic rings. The quantitative estimate of drug-likeness (QED) is 0.866. The molecule has 1 unspecified atom stereocenters. The molecule has 2 aliphatic rings. The number of fused-ring (bicyclic) bond motifs is 1. The normalized spacial score (nSPS) is 20.1. The van der Waals surface area contributed by atoms with Crippen molar-refractivity contribution in [2.75, 3.05) is 0 Å². The van der Waals surface area contributed by atoms with Crippen LogP contribution in [0.25, 0.3) is 0 Å². The number of benzene rings is 1. The van der Waals surface area contributed by atoms with Crippen molar-refractivity contribution in [3.63, 3.8) is 0 Å². The maximum atomic E-state index is 4.25. The van der Waals surface area contributed by atoms with Crippen molar-refractivity contribution in [3.8, 4) is 0 Å². The Morgan fingerprint density at radius 3 is 2.85 bits per heavy atom. The maximum absolute atomic E-state index is 4.25. The summed E-state index contributed by atoms with van der Waals surface area (Å²) in [4.78, 5) is 2.43. The molecule has 1 aliphatic carbocycles. The van der Waals surface area contributed by atoms with Crippen LogP contribution in [0.3, 0.4) is 0 Å². The average Bonchev–Trinajstić information content (AvgIpc) is 3.02. The molecule has 2 heterocycles. The number of nitrogens with zero attached hydrogens (tertiary/aromatic N) is 5. The minimum absolute atomic E-state index is 0.247. The van der Waals surface area contributed by atoms with Crippen molar-refractivity contribution >= 4 is 15.9 Å². The van der Waals surface area contributed by atoms with Crippen molar-refractivity contribution in [1.29, 1.82) is 0 Å². The van der Waals surface area contributed by atoms with E-state index in [1.807, 2.05) is 4.68 Å². The highest BCUT2D eigenvalue weighted by Crippen LogP contribution is 2.37. The molecule has 0 spiro atoms. The van der Waals surface area contributed by atoms with Crippen LogP contribution < -0.4 is 0 Å². The van der Waals surface area contributed by atoms with E-state index in [4.69, 9.17) is 0 Å². The largest absolute Gasteiger partial charge is 0.285 e. The molecule has 1 saturated carbocycles. The molecule has 1 atom stereocenters. The molecule has 0 N–H and O–H groups in total. The van der Waals surface area contributed by atoms with Gasteiger partial charge in [0.1, 0.15) is 0 Å². The molecule has 0 saturated heterocycles. The molecule has 5 nitrogen and oxygen atoms in total. The summed E-state index contributed by atoms with van der Waals surface area (Å²) in [5.74, 6) is 0.999. The van der Waals surface area contributed by atoms with E-state index in [0.29, 0.717) is 6.04 Å². The fourth-order valence-electron chi connectivity index (χ4n) is 2.88.